The number of halogens is 1. The van der Waals surface area contributed by atoms with Crippen LogP contribution in [-0.4, -0.2) is 44.0 Å². The largest absolute Gasteiger partial charge is 0.356 e. The molecule has 1 heterocycles. The summed E-state index contributed by atoms with van der Waals surface area (Å²) in [5.74, 6) is -0.252. The third-order valence-electron chi connectivity index (χ3n) is 4.44. The van der Waals surface area contributed by atoms with Gasteiger partial charge in [0, 0.05) is 25.6 Å². The number of hydrogen-bond donors (Lipinski definition) is 1. The monoisotopic (exact) mass is 356 g/mol. The first-order chi connectivity index (χ1) is 11.4. The maximum Gasteiger partial charge on any atom is 0.223 e. The van der Waals surface area contributed by atoms with Crippen LogP contribution in [0.1, 0.15) is 31.7 Å². The van der Waals surface area contributed by atoms with Crippen molar-refractivity contribution in [2.24, 2.45) is 5.92 Å². The van der Waals surface area contributed by atoms with Gasteiger partial charge in [0.25, 0.3) is 0 Å². The molecule has 0 radical (unpaired) electrons. The molecule has 1 aliphatic rings. The van der Waals surface area contributed by atoms with E-state index in [1.807, 2.05) is 0 Å². The fraction of sp³-hybridized carbons (Fsp3) is 0.588. The Balaban J connectivity index is 1.67. The lowest BCUT2D eigenvalue weighted by Crippen LogP contribution is -2.43. The Morgan fingerprint density at radius 3 is 2.46 bits per heavy atom. The Morgan fingerprint density at radius 1 is 1.25 bits per heavy atom. The number of rotatable bonds is 7. The van der Waals surface area contributed by atoms with Crippen molar-refractivity contribution in [1.29, 1.82) is 0 Å². The van der Waals surface area contributed by atoms with E-state index < -0.39 is 10.0 Å². The second-order valence-electron chi connectivity index (χ2n) is 6.09. The van der Waals surface area contributed by atoms with Gasteiger partial charge in [0.15, 0.2) is 0 Å². The molecular formula is C17H25FN2O3S. The van der Waals surface area contributed by atoms with E-state index in [1.165, 1.54) is 16.4 Å². The number of nitrogens with one attached hydrogen (secondary N) is 1. The smallest absolute Gasteiger partial charge is 0.223 e. The molecule has 134 valence electrons. The number of carbonyl (C=O) groups is 1. The third kappa shape index (κ3) is 5.27. The zero-order valence-electron chi connectivity index (χ0n) is 14.0. The lowest BCUT2D eigenvalue weighted by molar-refractivity contribution is -0.126. The van der Waals surface area contributed by atoms with Gasteiger partial charge in [-0.25, -0.2) is 17.1 Å². The Kier molecular flexibility index (Phi) is 6.74. The number of hydrogen-bond acceptors (Lipinski definition) is 3. The lowest BCUT2D eigenvalue weighted by Gasteiger charge is -2.30. The Morgan fingerprint density at radius 2 is 1.88 bits per heavy atom. The Labute approximate surface area is 143 Å². The summed E-state index contributed by atoms with van der Waals surface area (Å²) in [6, 6.07) is 6.38. The second-order valence-corrected chi connectivity index (χ2v) is 8.35. The quantitative estimate of drug-likeness (QED) is 0.759. The summed E-state index contributed by atoms with van der Waals surface area (Å²) in [4.78, 5) is 12.2. The third-order valence-corrected chi connectivity index (χ3v) is 6.32. The van der Waals surface area contributed by atoms with Gasteiger partial charge in [0.2, 0.25) is 15.9 Å². The minimum Gasteiger partial charge on any atom is -0.356 e. The number of benzene rings is 1. The first-order valence-corrected chi connectivity index (χ1v) is 10.0. The Hall–Kier alpha value is -1.47. The fourth-order valence-electron chi connectivity index (χ4n) is 2.88. The van der Waals surface area contributed by atoms with Crippen LogP contribution >= 0.6 is 0 Å². The second kappa shape index (κ2) is 8.58. The topological polar surface area (TPSA) is 66.5 Å². The molecule has 0 atom stereocenters. The summed E-state index contributed by atoms with van der Waals surface area (Å²) in [6.45, 7) is 3.05. The Bertz CT molecular complexity index is 638. The van der Waals surface area contributed by atoms with Gasteiger partial charge in [-0.1, -0.05) is 12.1 Å². The number of piperidine rings is 1. The molecule has 1 fully saturated rings. The van der Waals surface area contributed by atoms with Crippen molar-refractivity contribution < 1.29 is 17.6 Å². The van der Waals surface area contributed by atoms with Crippen LogP contribution in [0.5, 0.6) is 0 Å². The summed E-state index contributed by atoms with van der Waals surface area (Å²) < 4.78 is 37.9. The first-order valence-electron chi connectivity index (χ1n) is 8.42. The number of nitrogens with zero attached hydrogens (tertiary/aromatic N) is 1. The van der Waals surface area contributed by atoms with Crippen molar-refractivity contribution in [2.45, 2.75) is 32.6 Å². The fourth-order valence-corrected chi connectivity index (χ4v) is 4.01. The average Bonchev–Trinajstić information content (AvgIpc) is 2.60. The first kappa shape index (κ1) is 18.9. The summed E-state index contributed by atoms with van der Waals surface area (Å²) >= 11 is 0. The van der Waals surface area contributed by atoms with E-state index in [9.17, 15) is 17.6 Å². The van der Waals surface area contributed by atoms with Crippen molar-refractivity contribution in [3.63, 3.8) is 0 Å². The molecule has 1 aromatic rings. The van der Waals surface area contributed by atoms with Crippen molar-refractivity contribution >= 4 is 15.9 Å². The minimum atomic E-state index is -3.15. The van der Waals surface area contributed by atoms with E-state index in [0.717, 1.165) is 18.4 Å². The van der Waals surface area contributed by atoms with Crippen molar-refractivity contribution in [2.75, 3.05) is 25.4 Å². The highest BCUT2D eigenvalue weighted by Crippen LogP contribution is 2.20. The highest BCUT2D eigenvalue weighted by atomic mass is 32.2. The molecule has 0 saturated carbocycles. The van der Waals surface area contributed by atoms with E-state index in [1.54, 1.807) is 19.1 Å². The van der Waals surface area contributed by atoms with Crippen LogP contribution in [0.3, 0.4) is 0 Å². The highest BCUT2D eigenvalue weighted by molar-refractivity contribution is 7.89. The zero-order valence-corrected chi connectivity index (χ0v) is 14.8. The van der Waals surface area contributed by atoms with Gasteiger partial charge in [-0.05, 0) is 50.3 Å². The molecule has 0 bridgehead atoms. The molecular weight excluding hydrogens is 331 g/mol. The number of aryl methyl sites for hydroxylation is 1. The van der Waals surface area contributed by atoms with E-state index in [4.69, 9.17) is 0 Å². The summed E-state index contributed by atoms with van der Waals surface area (Å²) in [7, 11) is -3.15. The highest BCUT2D eigenvalue weighted by Gasteiger charge is 2.29. The SMILES string of the molecule is CCS(=O)(=O)N1CCC(C(=O)NCCCc2ccc(F)cc2)CC1. The van der Waals surface area contributed by atoms with E-state index in [0.29, 0.717) is 32.5 Å². The predicted octanol–water partition coefficient (Wildman–Crippen LogP) is 1.94. The van der Waals surface area contributed by atoms with Crippen LogP contribution in [0.25, 0.3) is 0 Å². The van der Waals surface area contributed by atoms with Crippen LogP contribution in [-0.2, 0) is 21.2 Å². The molecule has 1 aliphatic heterocycles. The number of sulfonamides is 1. The van der Waals surface area contributed by atoms with Crippen LogP contribution in [0.4, 0.5) is 4.39 Å². The predicted molar refractivity (Wildman–Crippen MR) is 91.5 cm³/mol. The van der Waals surface area contributed by atoms with Gasteiger partial charge in [-0.3, -0.25) is 4.79 Å². The van der Waals surface area contributed by atoms with Crippen LogP contribution < -0.4 is 5.32 Å². The normalized spacial score (nSPS) is 16.9. The van der Waals surface area contributed by atoms with Crippen LogP contribution in [0.2, 0.25) is 0 Å². The summed E-state index contributed by atoms with van der Waals surface area (Å²) in [5, 5.41) is 2.92. The number of amides is 1. The summed E-state index contributed by atoms with van der Waals surface area (Å²) in [6.07, 6.45) is 2.72. The van der Waals surface area contributed by atoms with Crippen LogP contribution in [0.15, 0.2) is 24.3 Å². The van der Waals surface area contributed by atoms with E-state index in [-0.39, 0.29) is 23.4 Å². The molecule has 5 nitrogen and oxygen atoms in total. The average molecular weight is 356 g/mol. The molecule has 1 aromatic carbocycles. The van der Waals surface area contributed by atoms with Gasteiger partial charge in [-0.2, -0.15) is 0 Å². The molecule has 0 unspecified atom stereocenters. The maximum atomic E-state index is 12.8. The summed E-state index contributed by atoms with van der Waals surface area (Å²) in [5.41, 5.74) is 1.05. The van der Waals surface area contributed by atoms with E-state index >= 15 is 0 Å². The van der Waals surface area contributed by atoms with Crippen molar-refractivity contribution in [3.8, 4) is 0 Å². The van der Waals surface area contributed by atoms with E-state index in [2.05, 4.69) is 5.32 Å². The van der Waals surface area contributed by atoms with Gasteiger partial charge in [0.1, 0.15) is 5.82 Å². The molecule has 1 amide bonds. The molecule has 1 saturated heterocycles. The van der Waals surface area contributed by atoms with Crippen molar-refractivity contribution in [3.05, 3.63) is 35.6 Å². The molecule has 7 heteroatoms. The van der Waals surface area contributed by atoms with Crippen molar-refractivity contribution in [1.82, 2.24) is 9.62 Å². The molecule has 0 aromatic heterocycles. The molecule has 1 N–H and O–H groups in total. The maximum absolute atomic E-state index is 12.8. The van der Waals surface area contributed by atoms with Gasteiger partial charge in [0.05, 0.1) is 5.75 Å². The number of carbonyl (C=O) groups excluding carboxylic acids is 1. The molecule has 24 heavy (non-hydrogen) atoms. The standard InChI is InChI=1S/C17H25FN2O3S/c1-2-24(22,23)20-12-9-15(10-13-20)17(21)19-11-3-4-14-5-7-16(18)8-6-14/h5-8,15H,2-4,9-13H2,1H3,(H,19,21). The zero-order chi connectivity index (χ0) is 17.6. The van der Waals surface area contributed by atoms with Gasteiger partial charge in [-0.15, -0.1) is 0 Å². The minimum absolute atomic E-state index is 0.00246. The van der Waals surface area contributed by atoms with Gasteiger partial charge < -0.3 is 5.32 Å². The molecule has 0 aliphatic carbocycles. The lowest BCUT2D eigenvalue weighted by atomic mass is 9.97. The van der Waals surface area contributed by atoms with Crippen LogP contribution in [0, 0.1) is 11.7 Å². The molecule has 2 rings (SSSR count). The van der Waals surface area contributed by atoms with Gasteiger partial charge >= 0.3 is 0 Å². The molecule has 0 spiro atoms.